The average Bonchev–Trinajstić information content (AvgIpc) is 3.97. The molecule has 3 nitrogen and oxygen atoms in total. The standard InChI is InChI=1S/C51H34N2O/c1-2-15-35(16-3-1)53-45-21-10-7-18-40(45)42-29-36(26-28-46(42)53)52(47-22-12-24-49-50(47)41-19-8-11-23-48(41)54-49)37-25-27-39-38-17-6-9-20-43(38)51(44(39)30-37)31-33-13-4-5-14-34(33)32-51/h1-30H,31-32H2. The Morgan fingerprint density at radius 3 is 1.98 bits per heavy atom. The Hall–Kier alpha value is -6.84. The number of fused-ring (bicyclic) bond motifs is 12. The zero-order valence-electron chi connectivity index (χ0n) is 29.5. The van der Waals surface area contributed by atoms with Gasteiger partial charge in [0, 0.05) is 38.6 Å². The molecular weight excluding hydrogens is 657 g/mol. The minimum absolute atomic E-state index is 0.112. The molecule has 0 atom stereocenters. The van der Waals surface area contributed by atoms with Crippen molar-refractivity contribution in [1.29, 1.82) is 0 Å². The van der Waals surface area contributed by atoms with Gasteiger partial charge in [0.15, 0.2) is 0 Å². The fourth-order valence-electron chi connectivity index (χ4n) is 9.90. The molecule has 0 unspecified atom stereocenters. The quantitative estimate of drug-likeness (QED) is 0.183. The second-order valence-electron chi connectivity index (χ2n) is 15.0. The van der Waals surface area contributed by atoms with Crippen LogP contribution in [0, 0.1) is 0 Å². The van der Waals surface area contributed by atoms with Crippen molar-refractivity contribution in [3.8, 4) is 16.8 Å². The molecule has 2 aliphatic carbocycles. The normalized spacial score (nSPS) is 13.9. The van der Waals surface area contributed by atoms with E-state index in [1.165, 1.54) is 55.2 Å². The van der Waals surface area contributed by atoms with Crippen molar-refractivity contribution in [3.63, 3.8) is 0 Å². The van der Waals surface area contributed by atoms with Crippen LogP contribution in [0.5, 0.6) is 0 Å². The van der Waals surface area contributed by atoms with Gasteiger partial charge in [-0.25, -0.2) is 0 Å². The molecule has 0 saturated heterocycles. The molecule has 12 rings (SSSR count). The fraction of sp³-hybridized carbons (Fsp3) is 0.0588. The molecule has 0 aliphatic heterocycles. The van der Waals surface area contributed by atoms with Crippen molar-refractivity contribution < 1.29 is 4.42 Å². The van der Waals surface area contributed by atoms with Gasteiger partial charge in [0.05, 0.1) is 22.1 Å². The molecule has 2 heterocycles. The first-order chi connectivity index (χ1) is 26.7. The molecule has 8 aromatic carbocycles. The topological polar surface area (TPSA) is 21.3 Å². The number of aromatic nitrogens is 1. The van der Waals surface area contributed by atoms with E-state index in [2.05, 4.69) is 191 Å². The molecule has 10 aromatic rings. The Kier molecular flexibility index (Phi) is 6.10. The number of hydrogen-bond acceptors (Lipinski definition) is 2. The van der Waals surface area contributed by atoms with Crippen LogP contribution in [0.25, 0.3) is 60.6 Å². The van der Waals surface area contributed by atoms with Crippen LogP contribution in [0.4, 0.5) is 17.1 Å². The molecule has 0 bridgehead atoms. The highest BCUT2D eigenvalue weighted by Gasteiger charge is 2.47. The third kappa shape index (κ3) is 4.07. The van der Waals surface area contributed by atoms with E-state index in [9.17, 15) is 0 Å². The summed E-state index contributed by atoms with van der Waals surface area (Å²) in [7, 11) is 0. The van der Waals surface area contributed by atoms with E-state index >= 15 is 0 Å². The number of rotatable bonds is 4. The first-order valence-corrected chi connectivity index (χ1v) is 18.9. The number of furan rings is 1. The van der Waals surface area contributed by atoms with E-state index in [0.29, 0.717) is 0 Å². The zero-order valence-corrected chi connectivity index (χ0v) is 29.5. The SMILES string of the molecule is c1ccc(-n2c3ccccc3c3cc(N(c4ccc5c(c4)C4(Cc6ccccc6C4)c4ccccc4-5)c4cccc5oc6ccccc6c45)ccc32)cc1. The molecule has 2 aliphatic rings. The molecule has 0 fully saturated rings. The maximum absolute atomic E-state index is 6.49. The maximum Gasteiger partial charge on any atom is 0.137 e. The van der Waals surface area contributed by atoms with Crippen LogP contribution in [-0.4, -0.2) is 4.57 Å². The van der Waals surface area contributed by atoms with Gasteiger partial charge in [-0.3, -0.25) is 0 Å². The van der Waals surface area contributed by atoms with Gasteiger partial charge in [0.2, 0.25) is 0 Å². The first kappa shape index (κ1) is 29.7. The largest absolute Gasteiger partial charge is 0.456 e. The summed E-state index contributed by atoms with van der Waals surface area (Å²) in [4.78, 5) is 2.47. The smallest absolute Gasteiger partial charge is 0.137 e. The molecular formula is C51H34N2O. The minimum atomic E-state index is -0.112. The van der Waals surface area contributed by atoms with E-state index in [4.69, 9.17) is 4.42 Å². The lowest BCUT2D eigenvalue weighted by molar-refractivity contribution is 0.563. The number of benzene rings is 8. The molecule has 3 heteroatoms. The van der Waals surface area contributed by atoms with Crippen molar-refractivity contribution >= 4 is 60.8 Å². The van der Waals surface area contributed by atoms with Crippen LogP contribution in [0.2, 0.25) is 0 Å². The van der Waals surface area contributed by atoms with Gasteiger partial charge in [0.25, 0.3) is 0 Å². The lowest BCUT2D eigenvalue weighted by Gasteiger charge is -2.30. The highest BCUT2D eigenvalue weighted by molar-refractivity contribution is 6.15. The van der Waals surface area contributed by atoms with Crippen LogP contribution < -0.4 is 4.90 Å². The van der Waals surface area contributed by atoms with Crippen LogP contribution in [0.1, 0.15) is 22.3 Å². The summed E-state index contributed by atoms with van der Waals surface area (Å²) >= 11 is 0. The van der Waals surface area contributed by atoms with Crippen LogP contribution in [-0.2, 0) is 18.3 Å². The summed E-state index contributed by atoms with van der Waals surface area (Å²) < 4.78 is 8.88. The summed E-state index contributed by atoms with van der Waals surface area (Å²) in [6.07, 6.45) is 2.01. The molecule has 2 aromatic heterocycles. The van der Waals surface area contributed by atoms with E-state index in [1.54, 1.807) is 0 Å². The molecule has 54 heavy (non-hydrogen) atoms. The molecule has 1 spiro atoms. The third-order valence-electron chi connectivity index (χ3n) is 12.2. The van der Waals surface area contributed by atoms with Crippen LogP contribution in [0.15, 0.2) is 186 Å². The summed E-state index contributed by atoms with van der Waals surface area (Å²) in [6.45, 7) is 0. The minimum Gasteiger partial charge on any atom is -0.456 e. The summed E-state index contributed by atoms with van der Waals surface area (Å²) in [6, 6.07) is 66.7. The van der Waals surface area contributed by atoms with Crippen molar-refractivity contribution in [2.75, 3.05) is 4.90 Å². The Morgan fingerprint density at radius 2 is 1.11 bits per heavy atom. The highest BCUT2D eigenvalue weighted by atomic mass is 16.3. The van der Waals surface area contributed by atoms with E-state index < -0.39 is 0 Å². The van der Waals surface area contributed by atoms with Crippen LogP contribution in [0.3, 0.4) is 0 Å². The van der Waals surface area contributed by atoms with Gasteiger partial charge >= 0.3 is 0 Å². The Bertz CT molecular complexity index is 3100. The van der Waals surface area contributed by atoms with Crippen LogP contribution >= 0.6 is 0 Å². The number of anilines is 3. The van der Waals surface area contributed by atoms with Gasteiger partial charge in [-0.2, -0.15) is 0 Å². The summed E-state index contributed by atoms with van der Waals surface area (Å²) in [5, 5.41) is 4.69. The Labute approximate surface area is 312 Å². The van der Waals surface area contributed by atoms with Crippen molar-refractivity contribution in [2.45, 2.75) is 18.3 Å². The Morgan fingerprint density at radius 1 is 0.463 bits per heavy atom. The molecule has 0 N–H and O–H groups in total. The molecule has 254 valence electrons. The van der Waals surface area contributed by atoms with Gasteiger partial charge in [-0.15, -0.1) is 0 Å². The van der Waals surface area contributed by atoms with Crippen molar-refractivity contribution in [2.24, 2.45) is 0 Å². The summed E-state index contributed by atoms with van der Waals surface area (Å²) in [5.74, 6) is 0. The zero-order chi connectivity index (χ0) is 35.4. The van der Waals surface area contributed by atoms with Crippen molar-refractivity contribution in [3.05, 3.63) is 204 Å². The Balaban J connectivity index is 1.13. The number of hydrogen-bond donors (Lipinski definition) is 0. The van der Waals surface area contributed by atoms with E-state index in [-0.39, 0.29) is 5.41 Å². The maximum atomic E-state index is 6.49. The third-order valence-corrected chi connectivity index (χ3v) is 12.2. The second kappa shape index (κ2) is 11.1. The molecule has 0 amide bonds. The lowest BCUT2D eigenvalue weighted by Crippen LogP contribution is -2.26. The number of nitrogens with zero attached hydrogens (tertiary/aromatic N) is 2. The summed E-state index contributed by atoms with van der Waals surface area (Å²) in [5.41, 5.74) is 17.0. The van der Waals surface area contributed by atoms with E-state index in [1.807, 2.05) is 0 Å². The lowest BCUT2D eigenvalue weighted by atomic mass is 9.75. The predicted molar refractivity (Wildman–Crippen MR) is 223 cm³/mol. The molecule has 0 saturated carbocycles. The average molecular weight is 691 g/mol. The number of para-hydroxylation sites is 3. The molecule has 0 radical (unpaired) electrons. The van der Waals surface area contributed by atoms with Gasteiger partial charge < -0.3 is 13.9 Å². The second-order valence-corrected chi connectivity index (χ2v) is 15.0. The fourth-order valence-corrected chi connectivity index (χ4v) is 9.90. The monoisotopic (exact) mass is 690 g/mol. The van der Waals surface area contributed by atoms with E-state index in [0.717, 1.165) is 57.5 Å². The predicted octanol–water partition coefficient (Wildman–Crippen LogP) is 13.2. The van der Waals surface area contributed by atoms with Gasteiger partial charge in [0.1, 0.15) is 11.2 Å². The van der Waals surface area contributed by atoms with Gasteiger partial charge in [-0.05, 0) is 113 Å². The van der Waals surface area contributed by atoms with Gasteiger partial charge in [-0.1, -0.05) is 115 Å². The highest BCUT2D eigenvalue weighted by Crippen LogP contribution is 2.57. The van der Waals surface area contributed by atoms with Crippen molar-refractivity contribution in [1.82, 2.24) is 4.57 Å². The first-order valence-electron chi connectivity index (χ1n) is 18.9.